The van der Waals surface area contributed by atoms with Crippen LogP contribution in [0.5, 0.6) is 0 Å². The van der Waals surface area contributed by atoms with Crippen LogP contribution in [0.4, 0.5) is 10.2 Å². The number of rotatable bonds is 4. The lowest BCUT2D eigenvalue weighted by Crippen LogP contribution is -2.53. The second-order valence-corrected chi connectivity index (χ2v) is 13.3. The van der Waals surface area contributed by atoms with Crippen LogP contribution >= 0.6 is 0 Å². The Hall–Kier alpha value is -2.55. The molecule has 0 saturated carbocycles. The predicted octanol–water partition coefficient (Wildman–Crippen LogP) is 2.31. The van der Waals surface area contributed by atoms with Crippen LogP contribution in [0.25, 0.3) is 11.2 Å². The van der Waals surface area contributed by atoms with E-state index in [4.69, 9.17) is 21.3 Å². The summed E-state index contributed by atoms with van der Waals surface area (Å²) in [4.78, 5) is 23.4. The van der Waals surface area contributed by atoms with Gasteiger partial charge >= 0.3 is 12.0 Å². The number of nitrogen functional groups attached to an aromatic ring is 1. The molecule has 1 aliphatic rings. The number of anilines is 1. The molecule has 3 atom stereocenters. The van der Waals surface area contributed by atoms with Gasteiger partial charge in [-0.25, -0.2) is 9.78 Å². The van der Waals surface area contributed by atoms with Crippen molar-refractivity contribution in [3.05, 3.63) is 12.4 Å². The minimum atomic E-state index is -2.38. The first-order valence-corrected chi connectivity index (χ1v) is 12.0. The molecule has 0 aromatic carbocycles. The average Bonchev–Trinajstić information content (AvgIpc) is 3.15. The van der Waals surface area contributed by atoms with Crippen molar-refractivity contribution in [1.82, 2.24) is 19.5 Å². The van der Waals surface area contributed by atoms with E-state index in [9.17, 15) is 14.3 Å². The SMILES string of the molecule is C#C[C@]1(C(=O)O)O[C@@H](n2cnc3c(N)nc(F)nc32)C[C@@H]1O[Si](C)(C)C(C)(C)C. The highest BCUT2D eigenvalue weighted by Gasteiger charge is 2.58. The molecule has 3 rings (SSSR count). The third-order valence-electron chi connectivity index (χ3n) is 5.70. The summed E-state index contributed by atoms with van der Waals surface area (Å²) in [5, 5.41) is 9.72. The van der Waals surface area contributed by atoms with Crippen LogP contribution in [0.15, 0.2) is 6.33 Å². The number of nitrogens with two attached hydrogens (primary N) is 1. The number of carboxylic acids is 1. The second kappa shape index (κ2) is 6.76. The molecule has 29 heavy (non-hydrogen) atoms. The number of halogens is 1. The van der Waals surface area contributed by atoms with Crippen LogP contribution in [-0.4, -0.2) is 50.6 Å². The Labute approximate surface area is 168 Å². The van der Waals surface area contributed by atoms with Crippen LogP contribution in [0.3, 0.4) is 0 Å². The Kier molecular flexibility index (Phi) is 4.93. The van der Waals surface area contributed by atoms with Crippen molar-refractivity contribution in [2.45, 2.75) is 63.3 Å². The standard InChI is InChI=1S/C18H24FN5O4Si/c1-7-18(15(25)26)10(28-29(5,6)17(2,3)4)8-11(27-18)24-9-21-12-13(20)22-16(19)23-14(12)24/h1,9-11H,8H2,2-6H3,(H,25,26)(H2,20,22,23)/t10-,11+,18-/m0/s1. The highest BCUT2D eigenvalue weighted by atomic mass is 28.4. The molecule has 1 saturated heterocycles. The zero-order valence-electron chi connectivity index (χ0n) is 16.9. The maximum Gasteiger partial charge on any atom is 0.351 e. The minimum absolute atomic E-state index is 0.0873. The summed E-state index contributed by atoms with van der Waals surface area (Å²) in [6.07, 6.45) is 4.28. The summed E-state index contributed by atoms with van der Waals surface area (Å²) < 4.78 is 27.3. The van der Waals surface area contributed by atoms with Gasteiger partial charge in [0.2, 0.25) is 0 Å². The maximum absolute atomic E-state index is 13.7. The van der Waals surface area contributed by atoms with Crippen molar-refractivity contribution in [3.63, 3.8) is 0 Å². The molecule has 1 aliphatic heterocycles. The molecule has 2 aromatic heterocycles. The molecule has 3 heterocycles. The fourth-order valence-corrected chi connectivity index (χ4v) is 4.35. The number of carbonyl (C=O) groups is 1. The van der Waals surface area contributed by atoms with Gasteiger partial charge in [-0.3, -0.25) is 4.57 Å². The molecule has 0 aliphatic carbocycles. The van der Waals surface area contributed by atoms with E-state index in [0.29, 0.717) is 0 Å². The Morgan fingerprint density at radius 2 is 2.17 bits per heavy atom. The lowest BCUT2D eigenvalue weighted by atomic mass is 9.98. The third kappa shape index (κ3) is 3.37. The summed E-state index contributed by atoms with van der Waals surface area (Å²) in [6, 6.07) is 0. The molecule has 156 valence electrons. The van der Waals surface area contributed by atoms with Gasteiger partial charge in [0.1, 0.15) is 12.3 Å². The smallest absolute Gasteiger partial charge is 0.351 e. The third-order valence-corrected chi connectivity index (χ3v) is 10.2. The monoisotopic (exact) mass is 421 g/mol. The first kappa shape index (κ1) is 21.2. The van der Waals surface area contributed by atoms with Crippen molar-refractivity contribution >= 4 is 31.3 Å². The highest BCUT2D eigenvalue weighted by Crippen LogP contribution is 2.45. The Bertz CT molecular complexity index is 1010. The molecule has 0 amide bonds. The quantitative estimate of drug-likeness (QED) is 0.438. The number of hydrogen-bond acceptors (Lipinski definition) is 7. The Morgan fingerprint density at radius 1 is 1.52 bits per heavy atom. The van der Waals surface area contributed by atoms with Crippen LogP contribution in [0, 0.1) is 18.4 Å². The number of nitrogens with zero attached hydrogens (tertiary/aromatic N) is 4. The van der Waals surface area contributed by atoms with E-state index in [0.717, 1.165) is 0 Å². The molecule has 0 unspecified atom stereocenters. The molecule has 2 aromatic rings. The average molecular weight is 422 g/mol. The second-order valence-electron chi connectivity index (χ2n) is 8.56. The summed E-state index contributed by atoms with van der Waals surface area (Å²) >= 11 is 0. The van der Waals surface area contributed by atoms with Gasteiger partial charge in [0.15, 0.2) is 25.3 Å². The van der Waals surface area contributed by atoms with Gasteiger partial charge in [0, 0.05) is 6.42 Å². The highest BCUT2D eigenvalue weighted by molar-refractivity contribution is 6.74. The normalized spacial score (nSPS) is 25.3. The number of fused-ring (bicyclic) bond motifs is 1. The molecular weight excluding hydrogens is 397 g/mol. The van der Waals surface area contributed by atoms with Gasteiger partial charge in [-0.2, -0.15) is 14.4 Å². The lowest BCUT2D eigenvalue weighted by Gasteiger charge is -2.40. The summed E-state index contributed by atoms with van der Waals surface area (Å²) in [6.45, 7) is 10.1. The molecule has 3 N–H and O–H groups in total. The summed E-state index contributed by atoms with van der Waals surface area (Å²) in [7, 11) is -2.38. The molecule has 11 heteroatoms. The first-order chi connectivity index (χ1) is 13.3. The van der Waals surface area contributed by atoms with Gasteiger partial charge < -0.3 is 20.0 Å². The van der Waals surface area contributed by atoms with Crippen molar-refractivity contribution in [3.8, 4) is 12.3 Å². The van der Waals surface area contributed by atoms with Gasteiger partial charge in [-0.15, -0.1) is 6.42 Å². The number of hydrogen-bond donors (Lipinski definition) is 2. The van der Waals surface area contributed by atoms with Gasteiger partial charge in [-0.05, 0) is 18.1 Å². The number of carboxylic acid groups (broad SMARTS) is 1. The van der Waals surface area contributed by atoms with E-state index in [1.807, 2.05) is 33.9 Å². The number of ether oxygens (including phenoxy) is 1. The Balaban J connectivity index is 2.05. The van der Waals surface area contributed by atoms with Crippen molar-refractivity contribution in [2.75, 3.05) is 5.73 Å². The maximum atomic E-state index is 13.7. The Morgan fingerprint density at radius 3 is 2.72 bits per heavy atom. The fraction of sp³-hybridized carbons (Fsp3) is 0.556. The van der Waals surface area contributed by atoms with Crippen LogP contribution in [0.2, 0.25) is 18.1 Å². The van der Waals surface area contributed by atoms with Crippen LogP contribution in [-0.2, 0) is 14.0 Å². The first-order valence-electron chi connectivity index (χ1n) is 9.05. The molecule has 0 bridgehead atoms. The van der Waals surface area contributed by atoms with Crippen molar-refractivity contribution < 1.29 is 23.5 Å². The lowest BCUT2D eigenvalue weighted by molar-refractivity contribution is -0.165. The molecule has 0 radical (unpaired) electrons. The zero-order chi connectivity index (χ0) is 21.8. The minimum Gasteiger partial charge on any atom is -0.478 e. The van der Waals surface area contributed by atoms with E-state index in [-0.39, 0.29) is 28.4 Å². The molecule has 0 spiro atoms. The molecule has 9 nitrogen and oxygen atoms in total. The van der Waals surface area contributed by atoms with Crippen LogP contribution < -0.4 is 5.73 Å². The van der Waals surface area contributed by atoms with E-state index < -0.39 is 38.3 Å². The van der Waals surface area contributed by atoms with Gasteiger partial charge in [0.05, 0.1) is 6.33 Å². The van der Waals surface area contributed by atoms with Crippen LogP contribution in [0.1, 0.15) is 33.4 Å². The van der Waals surface area contributed by atoms with Crippen molar-refractivity contribution in [1.29, 1.82) is 0 Å². The largest absolute Gasteiger partial charge is 0.478 e. The van der Waals surface area contributed by atoms with E-state index in [1.165, 1.54) is 10.9 Å². The zero-order valence-corrected chi connectivity index (χ0v) is 17.9. The molecule has 1 fully saturated rings. The van der Waals surface area contributed by atoms with Gasteiger partial charge in [0.25, 0.3) is 5.60 Å². The summed E-state index contributed by atoms with van der Waals surface area (Å²) in [5.74, 6) is 0.826. The number of terminal acetylenes is 1. The van der Waals surface area contributed by atoms with E-state index in [2.05, 4.69) is 20.9 Å². The fourth-order valence-electron chi connectivity index (χ4n) is 3.02. The number of aromatic nitrogens is 4. The molecular formula is C18H24FN5O4Si. The van der Waals surface area contributed by atoms with Gasteiger partial charge in [-0.1, -0.05) is 26.7 Å². The predicted molar refractivity (Wildman–Crippen MR) is 106 cm³/mol. The van der Waals surface area contributed by atoms with E-state index >= 15 is 0 Å². The number of imidazole rings is 1. The van der Waals surface area contributed by atoms with E-state index in [1.54, 1.807) is 0 Å². The number of aliphatic carboxylic acids is 1. The summed E-state index contributed by atoms with van der Waals surface area (Å²) in [5.41, 5.74) is 3.98. The topological polar surface area (TPSA) is 125 Å². The van der Waals surface area contributed by atoms with Crippen molar-refractivity contribution in [2.24, 2.45) is 0 Å².